The number of carbonyl (C=O) groups is 1. The van der Waals surface area contributed by atoms with Crippen molar-refractivity contribution in [2.24, 2.45) is 0 Å². The van der Waals surface area contributed by atoms with E-state index in [0.29, 0.717) is 12.1 Å². The lowest BCUT2D eigenvalue weighted by Gasteiger charge is -2.02. The number of thiophene rings is 1. The SMILES string of the molecule is CCCn1nncc1C(=O)Cc1ccsc1. The molecule has 0 fully saturated rings. The third kappa shape index (κ3) is 2.36. The van der Waals surface area contributed by atoms with Crippen molar-refractivity contribution in [2.45, 2.75) is 26.3 Å². The Bertz CT molecular complexity index is 461. The number of carbonyl (C=O) groups excluding carboxylic acids is 1. The Hall–Kier alpha value is -1.49. The van der Waals surface area contributed by atoms with Crippen molar-refractivity contribution in [2.75, 3.05) is 0 Å². The smallest absolute Gasteiger partial charge is 0.186 e. The van der Waals surface area contributed by atoms with Crippen LogP contribution >= 0.6 is 11.3 Å². The first-order valence-corrected chi connectivity index (χ1v) is 6.18. The number of hydrogen-bond acceptors (Lipinski definition) is 4. The lowest BCUT2D eigenvalue weighted by atomic mass is 10.1. The van der Waals surface area contributed by atoms with E-state index in [4.69, 9.17) is 0 Å². The first kappa shape index (κ1) is 11.0. The van der Waals surface area contributed by atoms with Gasteiger partial charge in [0.2, 0.25) is 0 Å². The Morgan fingerprint density at radius 1 is 1.56 bits per heavy atom. The molecule has 0 unspecified atom stereocenters. The molecule has 0 saturated carbocycles. The zero-order chi connectivity index (χ0) is 11.4. The van der Waals surface area contributed by atoms with E-state index in [1.165, 1.54) is 0 Å². The minimum Gasteiger partial charge on any atom is -0.292 e. The quantitative estimate of drug-likeness (QED) is 0.746. The van der Waals surface area contributed by atoms with Gasteiger partial charge in [0.05, 0.1) is 6.20 Å². The summed E-state index contributed by atoms with van der Waals surface area (Å²) >= 11 is 1.60. The number of nitrogens with zero attached hydrogens (tertiary/aromatic N) is 3. The summed E-state index contributed by atoms with van der Waals surface area (Å²) in [6.07, 6.45) is 2.92. The van der Waals surface area contributed by atoms with Gasteiger partial charge in [0.25, 0.3) is 0 Å². The van der Waals surface area contributed by atoms with Gasteiger partial charge in [0.1, 0.15) is 5.69 Å². The van der Waals surface area contributed by atoms with Gasteiger partial charge in [-0.2, -0.15) is 11.3 Å². The predicted molar refractivity (Wildman–Crippen MR) is 62.7 cm³/mol. The van der Waals surface area contributed by atoms with Gasteiger partial charge in [-0.1, -0.05) is 12.1 Å². The number of ketones is 1. The fourth-order valence-electron chi connectivity index (χ4n) is 1.52. The zero-order valence-corrected chi connectivity index (χ0v) is 9.91. The maximum Gasteiger partial charge on any atom is 0.186 e. The molecule has 2 rings (SSSR count). The molecule has 84 valence electrons. The minimum atomic E-state index is 0.0804. The van der Waals surface area contributed by atoms with Gasteiger partial charge >= 0.3 is 0 Å². The number of Topliss-reactive ketones (excluding diaryl/α,β-unsaturated/α-hetero) is 1. The van der Waals surface area contributed by atoms with Gasteiger partial charge in [-0.05, 0) is 28.8 Å². The molecule has 0 N–H and O–H groups in total. The van der Waals surface area contributed by atoms with E-state index in [2.05, 4.69) is 17.2 Å². The highest BCUT2D eigenvalue weighted by atomic mass is 32.1. The summed E-state index contributed by atoms with van der Waals surface area (Å²) in [7, 11) is 0. The normalized spacial score (nSPS) is 10.6. The monoisotopic (exact) mass is 235 g/mol. The van der Waals surface area contributed by atoms with E-state index < -0.39 is 0 Å². The van der Waals surface area contributed by atoms with Crippen LogP contribution in [0.25, 0.3) is 0 Å². The second-order valence-corrected chi connectivity index (χ2v) is 4.35. The third-order valence-electron chi connectivity index (χ3n) is 2.28. The highest BCUT2D eigenvalue weighted by molar-refractivity contribution is 7.08. The van der Waals surface area contributed by atoms with E-state index in [0.717, 1.165) is 18.5 Å². The van der Waals surface area contributed by atoms with Gasteiger partial charge in [-0.25, -0.2) is 4.68 Å². The van der Waals surface area contributed by atoms with Crippen LogP contribution in [-0.4, -0.2) is 20.8 Å². The lowest BCUT2D eigenvalue weighted by molar-refractivity contribution is 0.0982. The van der Waals surface area contributed by atoms with Crippen molar-refractivity contribution < 1.29 is 4.79 Å². The fraction of sp³-hybridized carbons (Fsp3) is 0.364. The Kier molecular flexibility index (Phi) is 3.46. The molecule has 2 heterocycles. The summed E-state index contributed by atoms with van der Waals surface area (Å²) in [5.41, 5.74) is 1.66. The molecule has 4 nitrogen and oxygen atoms in total. The van der Waals surface area contributed by atoms with Crippen molar-refractivity contribution in [1.82, 2.24) is 15.0 Å². The lowest BCUT2D eigenvalue weighted by Crippen LogP contribution is -2.12. The molecule has 2 aromatic heterocycles. The molecule has 0 saturated heterocycles. The van der Waals surface area contributed by atoms with Gasteiger partial charge in [-0.3, -0.25) is 4.79 Å². The molecule has 0 aliphatic carbocycles. The van der Waals surface area contributed by atoms with Crippen molar-refractivity contribution in [3.8, 4) is 0 Å². The van der Waals surface area contributed by atoms with E-state index in [-0.39, 0.29) is 5.78 Å². The number of hydrogen-bond donors (Lipinski definition) is 0. The zero-order valence-electron chi connectivity index (χ0n) is 9.09. The first-order chi connectivity index (χ1) is 7.81. The van der Waals surface area contributed by atoms with E-state index >= 15 is 0 Å². The van der Waals surface area contributed by atoms with Gasteiger partial charge in [-0.15, -0.1) is 5.10 Å². The molecule has 2 aromatic rings. The molecule has 0 amide bonds. The third-order valence-corrected chi connectivity index (χ3v) is 3.02. The van der Waals surface area contributed by atoms with Crippen LogP contribution in [0.15, 0.2) is 23.0 Å². The standard InChI is InChI=1S/C11H13N3OS/c1-2-4-14-10(7-12-13-14)11(15)6-9-3-5-16-8-9/h3,5,7-8H,2,4,6H2,1H3. The maximum atomic E-state index is 12.0. The molecule has 16 heavy (non-hydrogen) atoms. The molecular formula is C11H13N3OS. The van der Waals surface area contributed by atoms with Crippen LogP contribution in [0.2, 0.25) is 0 Å². The van der Waals surface area contributed by atoms with Crippen molar-refractivity contribution in [3.05, 3.63) is 34.3 Å². The van der Waals surface area contributed by atoms with Crippen LogP contribution in [0.4, 0.5) is 0 Å². The largest absolute Gasteiger partial charge is 0.292 e. The number of aryl methyl sites for hydroxylation is 1. The Labute approximate surface area is 97.9 Å². The molecule has 0 spiro atoms. The first-order valence-electron chi connectivity index (χ1n) is 5.24. The van der Waals surface area contributed by atoms with Crippen LogP contribution in [0, 0.1) is 0 Å². The van der Waals surface area contributed by atoms with Crippen LogP contribution < -0.4 is 0 Å². The second kappa shape index (κ2) is 5.03. The maximum absolute atomic E-state index is 12.0. The van der Waals surface area contributed by atoms with Crippen LogP contribution in [0.1, 0.15) is 29.4 Å². The van der Waals surface area contributed by atoms with Gasteiger partial charge in [0, 0.05) is 13.0 Å². The van der Waals surface area contributed by atoms with Crippen LogP contribution in [0.3, 0.4) is 0 Å². The molecule has 0 atom stereocenters. The van der Waals surface area contributed by atoms with Gasteiger partial charge < -0.3 is 0 Å². The highest BCUT2D eigenvalue weighted by Gasteiger charge is 2.13. The molecule has 0 aliphatic rings. The Balaban J connectivity index is 2.11. The molecule has 5 heteroatoms. The minimum absolute atomic E-state index is 0.0804. The van der Waals surface area contributed by atoms with E-state index in [9.17, 15) is 4.79 Å². The summed E-state index contributed by atoms with van der Waals surface area (Å²) in [6, 6.07) is 1.97. The van der Waals surface area contributed by atoms with Crippen LogP contribution in [-0.2, 0) is 13.0 Å². The molecule has 0 radical (unpaired) electrons. The van der Waals surface area contributed by atoms with Gasteiger partial charge in [0.15, 0.2) is 5.78 Å². The summed E-state index contributed by atoms with van der Waals surface area (Å²) in [5.74, 6) is 0.0804. The highest BCUT2D eigenvalue weighted by Crippen LogP contribution is 2.10. The van der Waals surface area contributed by atoms with Crippen LogP contribution in [0.5, 0.6) is 0 Å². The average Bonchev–Trinajstić information content (AvgIpc) is 2.89. The van der Waals surface area contributed by atoms with E-state index in [1.807, 2.05) is 16.8 Å². The summed E-state index contributed by atoms with van der Waals surface area (Å²) in [4.78, 5) is 12.0. The second-order valence-electron chi connectivity index (χ2n) is 3.57. The summed E-state index contributed by atoms with van der Waals surface area (Å²) in [5, 5.41) is 11.7. The topological polar surface area (TPSA) is 47.8 Å². The Morgan fingerprint density at radius 3 is 3.12 bits per heavy atom. The molecular weight excluding hydrogens is 222 g/mol. The predicted octanol–water partition coefficient (Wildman–Crippen LogP) is 2.17. The fourth-order valence-corrected chi connectivity index (χ4v) is 2.19. The number of rotatable bonds is 5. The number of aromatic nitrogens is 3. The molecule has 0 aliphatic heterocycles. The van der Waals surface area contributed by atoms with Crippen molar-refractivity contribution in [1.29, 1.82) is 0 Å². The summed E-state index contributed by atoms with van der Waals surface area (Å²) in [6.45, 7) is 2.79. The molecule has 0 aromatic carbocycles. The molecule has 0 bridgehead atoms. The average molecular weight is 235 g/mol. The van der Waals surface area contributed by atoms with E-state index in [1.54, 1.807) is 22.2 Å². The Morgan fingerprint density at radius 2 is 2.44 bits per heavy atom. The van der Waals surface area contributed by atoms with Crippen molar-refractivity contribution in [3.63, 3.8) is 0 Å². The summed E-state index contributed by atoms with van der Waals surface area (Å²) < 4.78 is 1.68. The van der Waals surface area contributed by atoms with Crippen molar-refractivity contribution >= 4 is 17.1 Å².